The summed E-state index contributed by atoms with van der Waals surface area (Å²) in [7, 11) is 0. The molecule has 2 N–H and O–H groups in total. The normalized spacial score (nSPS) is 11.5. The van der Waals surface area contributed by atoms with Crippen molar-refractivity contribution in [3.8, 4) is 17.5 Å². The van der Waals surface area contributed by atoms with Crippen LogP contribution >= 0.6 is 11.8 Å². The summed E-state index contributed by atoms with van der Waals surface area (Å²) in [6.45, 7) is 1.78. The number of nitrogens with one attached hydrogen (secondary N) is 2. The molecule has 0 aliphatic heterocycles. The van der Waals surface area contributed by atoms with Crippen LogP contribution in [-0.2, 0) is 4.79 Å². The van der Waals surface area contributed by atoms with Crippen molar-refractivity contribution >= 4 is 23.4 Å². The fourth-order valence-corrected chi connectivity index (χ4v) is 2.75. The van der Waals surface area contributed by atoms with Crippen molar-refractivity contribution in [3.05, 3.63) is 54.4 Å². The van der Waals surface area contributed by atoms with E-state index in [1.807, 2.05) is 18.2 Å². The number of nitrogens with zero attached hydrogens (tertiary/aromatic N) is 4. The van der Waals surface area contributed by atoms with Crippen LogP contribution in [0.15, 0.2) is 53.9 Å². The van der Waals surface area contributed by atoms with Crippen molar-refractivity contribution in [2.24, 2.45) is 0 Å². The van der Waals surface area contributed by atoms with Crippen LogP contribution in [0.3, 0.4) is 0 Å². The molecule has 0 bridgehead atoms. The summed E-state index contributed by atoms with van der Waals surface area (Å²) < 4.78 is 0. The largest absolute Gasteiger partial charge is 0.325 e. The molecule has 0 unspecified atom stereocenters. The van der Waals surface area contributed by atoms with Crippen LogP contribution in [0.1, 0.15) is 12.5 Å². The maximum atomic E-state index is 12.3. The van der Waals surface area contributed by atoms with Gasteiger partial charge >= 0.3 is 0 Å². The van der Waals surface area contributed by atoms with Crippen LogP contribution in [0.25, 0.3) is 11.4 Å². The average molecular weight is 350 g/mol. The zero-order valence-corrected chi connectivity index (χ0v) is 14.1. The van der Waals surface area contributed by atoms with Gasteiger partial charge in [-0.05, 0) is 43.3 Å². The molecule has 0 aliphatic carbocycles. The molecule has 0 aliphatic rings. The first kappa shape index (κ1) is 16.7. The molecule has 1 aromatic carbocycles. The van der Waals surface area contributed by atoms with E-state index in [-0.39, 0.29) is 11.2 Å². The van der Waals surface area contributed by atoms with Gasteiger partial charge in [-0.15, -0.1) is 5.10 Å². The SMILES string of the molecule is C[C@H](Sc1n[nH]c(-c2ccncc2)n1)C(=O)Nc1ccc(C#N)cc1. The second kappa shape index (κ2) is 7.59. The van der Waals surface area contributed by atoms with Crippen molar-refractivity contribution in [2.45, 2.75) is 17.3 Å². The number of benzene rings is 1. The number of hydrogen-bond donors (Lipinski definition) is 2. The van der Waals surface area contributed by atoms with Gasteiger partial charge in [0.05, 0.1) is 16.9 Å². The highest BCUT2D eigenvalue weighted by atomic mass is 32.2. The lowest BCUT2D eigenvalue weighted by Gasteiger charge is -2.10. The Bertz CT molecular complexity index is 901. The molecule has 0 fully saturated rings. The Morgan fingerprint density at radius 1 is 1.24 bits per heavy atom. The number of thioether (sulfide) groups is 1. The van der Waals surface area contributed by atoms with Crippen LogP contribution < -0.4 is 5.32 Å². The van der Waals surface area contributed by atoms with Gasteiger partial charge in [0.25, 0.3) is 0 Å². The number of carbonyl (C=O) groups excluding carboxylic acids is 1. The smallest absolute Gasteiger partial charge is 0.237 e. The van der Waals surface area contributed by atoms with E-state index in [0.717, 1.165) is 5.56 Å². The zero-order chi connectivity index (χ0) is 17.6. The van der Waals surface area contributed by atoms with Crippen molar-refractivity contribution < 1.29 is 4.79 Å². The van der Waals surface area contributed by atoms with Crippen LogP contribution in [0.4, 0.5) is 5.69 Å². The number of anilines is 1. The lowest BCUT2D eigenvalue weighted by atomic mass is 10.2. The first-order valence-corrected chi connectivity index (χ1v) is 8.34. The highest BCUT2D eigenvalue weighted by Crippen LogP contribution is 2.23. The van der Waals surface area contributed by atoms with Gasteiger partial charge in [-0.1, -0.05) is 11.8 Å². The Labute approximate surface area is 148 Å². The summed E-state index contributed by atoms with van der Waals surface area (Å²) >= 11 is 1.26. The number of amides is 1. The minimum atomic E-state index is -0.378. The molecule has 0 saturated heterocycles. The van der Waals surface area contributed by atoms with Gasteiger partial charge < -0.3 is 5.32 Å². The molecule has 3 rings (SSSR count). The van der Waals surface area contributed by atoms with Gasteiger partial charge in [-0.3, -0.25) is 14.9 Å². The number of pyridine rings is 1. The van der Waals surface area contributed by atoms with Gasteiger partial charge in [0.2, 0.25) is 11.1 Å². The van der Waals surface area contributed by atoms with Crippen LogP contribution in [0.2, 0.25) is 0 Å². The van der Waals surface area contributed by atoms with E-state index in [1.54, 1.807) is 43.6 Å². The number of aromatic nitrogens is 4. The number of hydrogen-bond acceptors (Lipinski definition) is 6. The third-order valence-corrected chi connectivity index (χ3v) is 4.31. The highest BCUT2D eigenvalue weighted by molar-refractivity contribution is 8.00. The first-order valence-electron chi connectivity index (χ1n) is 7.46. The van der Waals surface area contributed by atoms with Crippen molar-refractivity contribution in [3.63, 3.8) is 0 Å². The summed E-state index contributed by atoms with van der Waals surface area (Å²) in [6.07, 6.45) is 3.36. The molecule has 0 saturated carbocycles. The molecule has 124 valence electrons. The quantitative estimate of drug-likeness (QED) is 0.685. The monoisotopic (exact) mass is 350 g/mol. The Hall–Kier alpha value is -3.18. The van der Waals surface area contributed by atoms with E-state index < -0.39 is 0 Å². The summed E-state index contributed by atoms with van der Waals surface area (Å²) in [4.78, 5) is 20.6. The number of nitriles is 1. The van der Waals surface area contributed by atoms with Crippen molar-refractivity contribution in [2.75, 3.05) is 5.32 Å². The van der Waals surface area contributed by atoms with Crippen LogP contribution in [-0.4, -0.2) is 31.3 Å². The predicted octanol–water partition coefficient (Wildman–Crippen LogP) is 2.86. The summed E-state index contributed by atoms with van der Waals surface area (Å²) in [5.41, 5.74) is 2.07. The van der Waals surface area contributed by atoms with Gasteiger partial charge in [0.15, 0.2) is 5.82 Å². The van der Waals surface area contributed by atoms with Crippen molar-refractivity contribution in [1.29, 1.82) is 5.26 Å². The molecule has 2 aromatic heterocycles. The topological polar surface area (TPSA) is 107 Å². The van der Waals surface area contributed by atoms with Gasteiger partial charge in [0.1, 0.15) is 0 Å². The number of rotatable bonds is 5. The fourth-order valence-electron chi connectivity index (χ4n) is 2.02. The predicted molar refractivity (Wildman–Crippen MR) is 94.7 cm³/mol. The first-order chi connectivity index (χ1) is 12.2. The van der Waals surface area contributed by atoms with E-state index in [9.17, 15) is 4.79 Å². The molecular formula is C17H14N6OS. The van der Waals surface area contributed by atoms with Crippen molar-refractivity contribution in [1.82, 2.24) is 20.2 Å². The van der Waals surface area contributed by atoms with Gasteiger partial charge in [-0.2, -0.15) is 5.26 Å². The third kappa shape index (κ3) is 4.22. The molecule has 25 heavy (non-hydrogen) atoms. The molecule has 2 heterocycles. The van der Waals surface area contributed by atoms with Gasteiger partial charge in [-0.25, -0.2) is 4.98 Å². The molecule has 1 amide bonds. The number of carbonyl (C=O) groups is 1. The van der Waals surface area contributed by atoms with E-state index in [2.05, 4.69) is 25.5 Å². The summed E-state index contributed by atoms with van der Waals surface area (Å²) in [5, 5.41) is 18.7. The number of H-pyrrole nitrogens is 1. The molecular weight excluding hydrogens is 336 g/mol. The molecule has 1 atom stereocenters. The average Bonchev–Trinajstić information content (AvgIpc) is 3.11. The Kier molecular flexibility index (Phi) is 5.06. The second-order valence-corrected chi connectivity index (χ2v) is 6.45. The second-order valence-electron chi connectivity index (χ2n) is 5.14. The third-order valence-electron chi connectivity index (χ3n) is 3.35. The maximum absolute atomic E-state index is 12.3. The zero-order valence-electron chi connectivity index (χ0n) is 13.3. The minimum absolute atomic E-state index is 0.162. The molecule has 8 heteroatoms. The van der Waals surface area contributed by atoms with E-state index in [0.29, 0.717) is 22.2 Å². The maximum Gasteiger partial charge on any atom is 0.237 e. The van der Waals surface area contributed by atoms with Crippen LogP contribution in [0, 0.1) is 11.3 Å². The minimum Gasteiger partial charge on any atom is -0.325 e. The Morgan fingerprint density at radius 3 is 2.64 bits per heavy atom. The van der Waals surface area contributed by atoms with Crippen LogP contribution in [0.5, 0.6) is 0 Å². The van der Waals surface area contributed by atoms with E-state index in [1.165, 1.54) is 11.8 Å². The molecule has 0 radical (unpaired) electrons. The standard InChI is InChI=1S/C17H14N6OS/c1-11(16(24)20-14-4-2-12(10-18)3-5-14)25-17-21-15(22-23-17)13-6-8-19-9-7-13/h2-9,11H,1H3,(H,20,24)(H,21,22,23)/t11-/m0/s1. The van der Waals surface area contributed by atoms with Gasteiger partial charge in [0, 0.05) is 23.6 Å². The Morgan fingerprint density at radius 2 is 1.96 bits per heavy atom. The Balaban J connectivity index is 1.61. The lowest BCUT2D eigenvalue weighted by Crippen LogP contribution is -2.22. The highest BCUT2D eigenvalue weighted by Gasteiger charge is 2.17. The number of aromatic amines is 1. The lowest BCUT2D eigenvalue weighted by molar-refractivity contribution is -0.115. The summed E-state index contributed by atoms with van der Waals surface area (Å²) in [6, 6.07) is 12.4. The fraction of sp³-hybridized carbons (Fsp3) is 0.118. The molecule has 7 nitrogen and oxygen atoms in total. The summed E-state index contributed by atoms with van der Waals surface area (Å²) in [5.74, 6) is 0.467. The molecule has 3 aromatic rings. The van der Waals surface area contributed by atoms with E-state index >= 15 is 0 Å². The van der Waals surface area contributed by atoms with E-state index in [4.69, 9.17) is 5.26 Å². The molecule has 0 spiro atoms.